The van der Waals surface area contributed by atoms with Crippen LogP contribution >= 0.6 is 11.8 Å². The van der Waals surface area contributed by atoms with E-state index in [9.17, 15) is 4.79 Å². The molecule has 3 heteroatoms. The van der Waals surface area contributed by atoms with Crippen LogP contribution in [-0.2, 0) is 17.0 Å². The lowest BCUT2D eigenvalue weighted by Gasteiger charge is -2.02. The predicted octanol–water partition coefficient (Wildman–Crippen LogP) is 2.96. The Morgan fingerprint density at radius 3 is 2.80 bits per heavy atom. The van der Waals surface area contributed by atoms with E-state index in [4.69, 9.17) is 5.11 Å². The molecule has 0 aliphatic heterocycles. The molecule has 0 spiro atoms. The van der Waals surface area contributed by atoms with Crippen molar-refractivity contribution in [2.45, 2.75) is 25.5 Å². The van der Waals surface area contributed by atoms with E-state index in [1.165, 1.54) is 11.1 Å². The number of carbonyl (C=O) groups is 1. The molecule has 0 heterocycles. The van der Waals surface area contributed by atoms with Gasteiger partial charge in [-0.05, 0) is 17.5 Å². The van der Waals surface area contributed by atoms with Crippen LogP contribution in [0.3, 0.4) is 0 Å². The van der Waals surface area contributed by atoms with Crippen molar-refractivity contribution in [3.8, 4) is 0 Å². The minimum absolute atomic E-state index is 0.248. The fraction of sp³-hybridized carbons (Fsp3) is 0.417. The van der Waals surface area contributed by atoms with Crippen LogP contribution in [0.5, 0.6) is 0 Å². The molecule has 1 aromatic rings. The topological polar surface area (TPSA) is 37.3 Å². The van der Waals surface area contributed by atoms with E-state index in [2.05, 4.69) is 31.2 Å². The smallest absolute Gasteiger partial charge is 0.304 e. The molecule has 0 aromatic heterocycles. The molecule has 15 heavy (non-hydrogen) atoms. The number of rotatable bonds is 6. The standard InChI is InChI=1S/C12H16O2S/c1-2-10-4-3-5-11(8-10)9-15-7-6-12(13)14/h3-5,8H,2,6-7,9H2,1H3,(H,13,14). The van der Waals surface area contributed by atoms with Gasteiger partial charge in [0.05, 0.1) is 6.42 Å². The SMILES string of the molecule is CCc1cccc(CSCCC(=O)O)c1. The Labute approximate surface area is 94.7 Å². The van der Waals surface area contributed by atoms with Gasteiger partial charge in [-0.3, -0.25) is 4.79 Å². The summed E-state index contributed by atoms with van der Waals surface area (Å²) in [5, 5.41) is 8.48. The minimum Gasteiger partial charge on any atom is -0.481 e. The van der Waals surface area contributed by atoms with E-state index in [1.807, 2.05) is 0 Å². The lowest BCUT2D eigenvalue weighted by Crippen LogP contribution is -1.96. The first-order valence-corrected chi connectivity index (χ1v) is 6.25. The van der Waals surface area contributed by atoms with Crippen LogP contribution in [-0.4, -0.2) is 16.8 Å². The normalized spacial score (nSPS) is 10.2. The average Bonchev–Trinajstić information content (AvgIpc) is 2.24. The first-order valence-electron chi connectivity index (χ1n) is 5.09. The fourth-order valence-electron chi connectivity index (χ4n) is 1.29. The van der Waals surface area contributed by atoms with Crippen molar-refractivity contribution < 1.29 is 9.90 Å². The number of carboxylic acid groups (broad SMARTS) is 1. The van der Waals surface area contributed by atoms with Gasteiger partial charge in [-0.2, -0.15) is 11.8 Å². The molecule has 0 bridgehead atoms. The summed E-state index contributed by atoms with van der Waals surface area (Å²) in [6, 6.07) is 8.46. The van der Waals surface area contributed by atoms with Gasteiger partial charge in [0.25, 0.3) is 0 Å². The zero-order valence-electron chi connectivity index (χ0n) is 8.90. The third kappa shape index (κ3) is 4.88. The Morgan fingerprint density at radius 1 is 1.40 bits per heavy atom. The van der Waals surface area contributed by atoms with Gasteiger partial charge >= 0.3 is 5.97 Å². The van der Waals surface area contributed by atoms with E-state index in [-0.39, 0.29) is 6.42 Å². The van der Waals surface area contributed by atoms with E-state index < -0.39 is 5.97 Å². The Morgan fingerprint density at radius 2 is 2.13 bits per heavy atom. The monoisotopic (exact) mass is 224 g/mol. The number of benzene rings is 1. The maximum atomic E-state index is 10.3. The second-order valence-electron chi connectivity index (χ2n) is 3.37. The molecule has 0 saturated heterocycles. The molecule has 1 aromatic carbocycles. The summed E-state index contributed by atoms with van der Waals surface area (Å²) >= 11 is 1.67. The van der Waals surface area contributed by atoms with Crippen LogP contribution in [0.2, 0.25) is 0 Å². The average molecular weight is 224 g/mol. The van der Waals surface area contributed by atoms with Crippen molar-refractivity contribution in [2.24, 2.45) is 0 Å². The van der Waals surface area contributed by atoms with Gasteiger partial charge in [0.2, 0.25) is 0 Å². The van der Waals surface area contributed by atoms with Crippen LogP contribution in [0, 0.1) is 0 Å². The largest absolute Gasteiger partial charge is 0.481 e. The summed E-state index contributed by atoms with van der Waals surface area (Å²) in [4.78, 5) is 10.3. The molecule has 82 valence electrons. The van der Waals surface area contributed by atoms with Gasteiger partial charge in [-0.25, -0.2) is 0 Å². The molecular weight excluding hydrogens is 208 g/mol. The van der Waals surface area contributed by atoms with E-state index >= 15 is 0 Å². The summed E-state index contributed by atoms with van der Waals surface area (Å²) < 4.78 is 0. The number of hydrogen-bond donors (Lipinski definition) is 1. The highest BCUT2D eigenvalue weighted by Gasteiger charge is 1.98. The van der Waals surface area contributed by atoms with Gasteiger partial charge in [0, 0.05) is 11.5 Å². The number of thioether (sulfide) groups is 1. The van der Waals surface area contributed by atoms with Crippen LogP contribution in [0.25, 0.3) is 0 Å². The quantitative estimate of drug-likeness (QED) is 0.755. The summed E-state index contributed by atoms with van der Waals surface area (Å²) in [6.45, 7) is 2.14. The van der Waals surface area contributed by atoms with Crippen molar-refractivity contribution in [1.82, 2.24) is 0 Å². The van der Waals surface area contributed by atoms with Gasteiger partial charge in [-0.15, -0.1) is 0 Å². The van der Waals surface area contributed by atoms with Crippen LogP contribution in [0.15, 0.2) is 24.3 Å². The van der Waals surface area contributed by atoms with Gasteiger partial charge < -0.3 is 5.11 Å². The first kappa shape index (κ1) is 12.1. The van der Waals surface area contributed by atoms with E-state index in [0.717, 1.165) is 12.2 Å². The van der Waals surface area contributed by atoms with Crippen molar-refractivity contribution in [1.29, 1.82) is 0 Å². The Balaban J connectivity index is 2.33. The first-order chi connectivity index (χ1) is 7.22. The van der Waals surface area contributed by atoms with Crippen molar-refractivity contribution >= 4 is 17.7 Å². The summed E-state index contributed by atoms with van der Waals surface area (Å²) in [5.41, 5.74) is 2.62. The third-order valence-corrected chi connectivity index (χ3v) is 3.16. The maximum Gasteiger partial charge on any atom is 0.304 e. The van der Waals surface area contributed by atoms with Gasteiger partial charge in [0.1, 0.15) is 0 Å². The molecular formula is C12H16O2S. The van der Waals surface area contributed by atoms with Crippen molar-refractivity contribution in [3.63, 3.8) is 0 Å². The molecule has 0 unspecified atom stereocenters. The van der Waals surface area contributed by atoms with Crippen molar-refractivity contribution in [2.75, 3.05) is 5.75 Å². The number of hydrogen-bond acceptors (Lipinski definition) is 2. The molecule has 0 radical (unpaired) electrons. The highest BCUT2D eigenvalue weighted by molar-refractivity contribution is 7.98. The molecule has 0 aliphatic rings. The molecule has 0 aliphatic carbocycles. The zero-order valence-corrected chi connectivity index (χ0v) is 9.72. The van der Waals surface area contributed by atoms with Crippen LogP contribution < -0.4 is 0 Å². The molecule has 2 nitrogen and oxygen atoms in total. The number of aryl methyl sites for hydroxylation is 1. The lowest BCUT2D eigenvalue weighted by atomic mass is 10.1. The molecule has 1 rings (SSSR count). The molecule has 1 N–H and O–H groups in total. The summed E-state index contributed by atoms with van der Waals surface area (Å²) in [7, 11) is 0. The van der Waals surface area contributed by atoms with Crippen molar-refractivity contribution in [3.05, 3.63) is 35.4 Å². The lowest BCUT2D eigenvalue weighted by molar-refractivity contribution is -0.136. The Bertz CT molecular complexity index is 323. The summed E-state index contributed by atoms with van der Waals surface area (Å²) in [6.07, 6.45) is 1.30. The van der Waals surface area contributed by atoms with Gasteiger partial charge in [-0.1, -0.05) is 31.2 Å². The van der Waals surface area contributed by atoms with Crippen LogP contribution in [0.1, 0.15) is 24.5 Å². The van der Waals surface area contributed by atoms with Crippen LogP contribution in [0.4, 0.5) is 0 Å². The highest BCUT2D eigenvalue weighted by atomic mass is 32.2. The number of aliphatic carboxylic acids is 1. The third-order valence-electron chi connectivity index (χ3n) is 2.13. The van der Waals surface area contributed by atoms with Gasteiger partial charge in [0.15, 0.2) is 0 Å². The minimum atomic E-state index is -0.718. The second-order valence-corrected chi connectivity index (χ2v) is 4.48. The van der Waals surface area contributed by atoms with E-state index in [1.54, 1.807) is 11.8 Å². The second kappa shape index (κ2) is 6.51. The Kier molecular flexibility index (Phi) is 5.26. The highest BCUT2D eigenvalue weighted by Crippen LogP contribution is 2.14. The summed E-state index contributed by atoms with van der Waals surface area (Å²) in [5.74, 6) is 0.872. The Hall–Kier alpha value is -0.960. The maximum absolute atomic E-state index is 10.3. The molecule has 0 saturated carbocycles. The van der Waals surface area contributed by atoms with E-state index in [0.29, 0.717) is 5.75 Å². The zero-order chi connectivity index (χ0) is 11.1. The number of carboxylic acids is 1. The molecule has 0 amide bonds. The predicted molar refractivity (Wildman–Crippen MR) is 64.2 cm³/mol. The fourth-order valence-corrected chi connectivity index (χ4v) is 2.17. The molecule has 0 fully saturated rings. The molecule has 0 atom stereocenters.